The Kier molecular flexibility index (Phi) is 3.27. The quantitative estimate of drug-likeness (QED) is 0.612. The van der Waals surface area contributed by atoms with Crippen LogP contribution in [-0.4, -0.2) is 11.9 Å². The largest absolute Gasteiger partial charge is 0.426 e. The summed E-state index contributed by atoms with van der Waals surface area (Å²) in [6, 6.07) is 5.50. The van der Waals surface area contributed by atoms with Gasteiger partial charge in [-0.1, -0.05) is 12.1 Å². The van der Waals surface area contributed by atoms with Gasteiger partial charge in [-0.2, -0.15) is 0 Å². The van der Waals surface area contributed by atoms with Gasteiger partial charge in [0.05, 0.1) is 5.92 Å². The summed E-state index contributed by atoms with van der Waals surface area (Å²) in [6.07, 6.45) is 1.97. The minimum absolute atomic E-state index is 0.00776. The summed E-state index contributed by atoms with van der Waals surface area (Å²) in [5.74, 6) is -2.54. The van der Waals surface area contributed by atoms with Crippen LogP contribution in [0, 0.1) is 12.8 Å². The van der Waals surface area contributed by atoms with Crippen molar-refractivity contribution in [1.29, 1.82) is 0 Å². The summed E-state index contributed by atoms with van der Waals surface area (Å²) < 4.78 is 32.2. The van der Waals surface area contributed by atoms with Gasteiger partial charge in [-0.25, -0.2) is 8.78 Å². The number of carbonyl (C=O) groups excluding carboxylic acids is 1. The molecule has 108 valence electrons. The lowest BCUT2D eigenvalue weighted by Gasteiger charge is -2.16. The molecule has 2 saturated carbocycles. The van der Waals surface area contributed by atoms with Crippen LogP contribution in [0.5, 0.6) is 5.75 Å². The first kappa shape index (κ1) is 13.5. The van der Waals surface area contributed by atoms with Crippen LogP contribution in [-0.2, 0) is 4.79 Å². The molecule has 0 bridgehead atoms. The van der Waals surface area contributed by atoms with E-state index in [-0.39, 0.29) is 30.6 Å². The average Bonchev–Trinajstić information content (AvgIpc) is 3.14. The second kappa shape index (κ2) is 4.83. The van der Waals surface area contributed by atoms with E-state index in [2.05, 4.69) is 0 Å². The molecule has 3 rings (SSSR count). The van der Waals surface area contributed by atoms with E-state index in [1.165, 1.54) is 0 Å². The van der Waals surface area contributed by atoms with Crippen molar-refractivity contribution in [2.45, 2.75) is 50.9 Å². The minimum Gasteiger partial charge on any atom is -0.426 e. The molecule has 0 amide bonds. The van der Waals surface area contributed by atoms with Gasteiger partial charge in [-0.3, -0.25) is 4.79 Å². The van der Waals surface area contributed by atoms with Crippen LogP contribution in [0.2, 0.25) is 0 Å². The fourth-order valence-corrected chi connectivity index (χ4v) is 2.79. The first-order chi connectivity index (χ1) is 9.44. The van der Waals surface area contributed by atoms with Crippen LogP contribution in [0.15, 0.2) is 18.2 Å². The van der Waals surface area contributed by atoms with Crippen molar-refractivity contribution in [3.8, 4) is 5.75 Å². The molecule has 2 nitrogen and oxygen atoms in total. The number of carbonyl (C=O) groups is 1. The molecule has 2 aliphatic rings. The lowest BCUT2D eigenvalue weighted by molar-refractivity contribution is -0.135. The highest BCUT2D eigenvalue weighted by molar-refractivity contribution is 5.77. The molecule has 1 aromatic rings. The fourth-order valence-electron chi connectivity index (χ4n) is 2.79. The second-order valence-corrected chi connectivity index (χ2v) is 6.03. The first-order valence-electron chi connectivity index (χ1n) is 7.15. The Bertz CT molecular complexity index is 535. The van der Waals surface area contributed by atoms with Gasteiger partial charge in [0.2, 0.25) is 5.92 Å². The third kappa shape index (κ3) is 2.84. The minimum atomic E-state index is -2.59. The SMILES string of the molecule is Cc1ccc(C2CCC(F)(F)C2)c(OC(=O)C2CC2)c1. The molecular formula is C16H18F2O2. The van der Waals surface area contributed by atoms with Crippen molar-refractivity contribution in [3.05, 3.63) is 29.3 Å². The van der Waals surface area contributed by atoms with E-state index in [1.54, 1.807) is 6.07 Å². The number of esters is 1. The maximum absolute atomic E-state index is 13.4. The number of halogens is 2. The van der Waals surface area contributed by atoms with Gasteiger partial charge in [0.1, 0.15) is 5.75 Å². The molecule has 1 unspecified atom stereocenters. The van der Waals surface area contributed by atoms with Crippen molar-refractivity contribution in [3.63, 3.8) is 0 Å². The summed E-state index contributed by atoms with van der Waals surface area (Å²) in [7, 11) is 0. The highest BCUT2D eigenvalue weighted by Gasteiger charge is 2.41. The molecule has 0 spiro atoms. The first-order valence-corrected chi connectivity index (χ1v) is 7.15. The van der Waals surface area contributed by atoms with E-state index in [1.807, 2.05) is 19.1 Å². The zero-order chi connectivity index (χ0) is 14.3. The lowest BCUT2D eigenvalue weighted by Crippen LogP contribution is -2.13. The normalized spacial score (nSPS) is 24.6. The molecule has 0 saturated heterocycles. The van der Waals surface area contributed by atoms with Crippen LogP contribution in [0.25, 0.3) is 0 Å². The van der Waals surface area contributed by atoms with Crippen LogP contribution < -0.4 is 4.74 Å². The van der Waals surface area contributed by atoms with Crippen molar-refractivity contribution < 1.29 is 18.3 Å². The van der Waals surface area contributed by atoms with Gasteiger partial charge in [0.15, 0.2) is 0 Å². The number of hydrogen-bond acceptors (Lipinski definition) is 2. The molecule has 4 heteroatoms. The Morgan fingerprint density at radius 3 is 2.65 bits per heavy atom. The maximum Gasteiger partial charge on any atom is 0.314 e. The third-order valence-electron chi connectivity index (χ3n) is 4.13. The third-order valence-corrected chi connectivity index (χ3v) is 4.13. The zero-order valence-electron chi connectivity index (χ0n) is 11.5. The highest BCUT2D eigenvalue weighted by atomic mass is 19.3. The zero-order valence-corrected chi connectivity index (χ0v) is 11.5. The smallest absolute Gasteiger partial charge is 0.314 e. The Hall–Kier alpha value is -1.45. The number of aryl methyl sites for hydroxylation is 1. The lowest BCUT2D eigenvalue weighted by atomic mass is 9.95. The molecule has 0 aliphatic heterocycles. The van der Waals surface area contributed by atoms with E-state index in [0.717, 1.165) is 24.0 Å². The molecule has 1 aromatic carbocycles. The summed E-state index contributed by atoms with van der Waals surface area (Å²) in [6.45, 7) is 1.90. The summed E-state index contributed by atoms with van der Waals surface area (Å²) in [5, 5.41) is 0. The van der Waals surface area contributed by atoms with Crippen molar-refractivity contribution >= 4 is 5.97 Å². The predicted octanol–water partition coefficient (Wildman–Crippen LogP) is 4.21. The Morgan fingerprint density at radius 1 is 1.30 bits per heavy atom. The molecular weight excluding hydrogens is 262 g/mol. The number of rotatable bonds is 3. The summed E-state index contributed by atoms with van der Waals surface area (Å²) >= 11 is 0. The topological polar surface area (TPSA) is 26.3 Å². The molecule has 1 atom stereocenters. The highest BCUT2D eigenvalue weighted by Crippen LogP contribution is 2.47. The standard InChI is InChI=1S/C16H18F2O2/c1-10-2-5-13(12-6-7-16(17,18)9-12)14(8-10)20-15(19)11-3-4-11/h2,5,8,11-12H,3-4,6-7,9H2,1H3. The Balaban J connectivity index is 1.84. The molecule has 0 radical (unpaired) electrons. The van der Waals surface area contributed by atoms with Crippen molar-refractivity contribution in [2.75, 3.05) is 0 Å². The molecule has 2 fully saturated rings. The van der Waals surface area contributed by atoms with Crippen LogP contribution in [0.3, 0.4) is 0 Å². The van der Waals surface area contributed by atoms with Gasteiger partial charge in [0.25, 0.3) is 0 Å². The monoisotopic (exact) mass is 280 g/mol. The van der Waals surface area contributed by atoms with Gasteiger partial charge in [-0.15, -0.1) is 0 Å². The van der Waals surface area contributed by atoms with E-state index in [4.69, 9.17) is 4.74 Å². The predicted molar refractivity (Wildman–Crippen MR) is 71.1 cm³/mol. The van der Waals surface area contributed by atoms with Gasteiger partial charge >= 0.3 is 5.97 Å². The van der Waals surface area contributed by atoms with Crippen LogP contribution in [0.1, 0.15) is 49.1 Å². The summed E-state index contributed by atoms with van der Waals surface area (Å²) in [5.41, 5.74) is 1.72. The molecule has 20 heavy (non-hydrogen) atoms. The van der Waals surface area contributed by atoms with E-state index in [0.29, 0.717) is 12.2 Å². The number of hydrogen-bond donors (Lipinski definition) is 0. The number of ether oxygens (including phenoxy) is 1. The Labute approximate surface area is 117 Å². The van der Waals surface area contributed by atoms with E-state index in [9.17, 15) is 13.6 Å². The molecule has 2 aliphatic carbocycles. The maximum atomic E-state index is 13.4. The average molecular weight is 280 g/mol. The second-order valence-electron chi connectivity index (χ2n) is 6.03. The molecule has 0 N–H and O–H groups in total. The van der Waals surface area contributed by atoms with Crippen LogP contribution in [0.4, 0.5) is 8.78 Å². The van der Waals surface area contributed by atoms with Crippen LogP contribution >= 0.6 is 0 Å². The molecule has 0 heterocycles. The van der Waals surface area contributed by atoms with E-state index < -0.39 is 5.92 Å². The Morgan fingerprint density at radius 2 is 2.05 bits per heavy atom. The van der Waals surface area contributed by atoms with Crippen molar-refractivity contribution in [1.82, 2.24) is 0 Å². The van der Waals surface area contributed by atoms with E-state index >= 15 is 0 Å². The number of alkyl halides is 2. The van der Waals surface area contributed by atoms with Crippen molar-refractivity contribution in [2.24, 2.45) is 5.92 Å². The van der Waals surface area contributed by atoms with Gasteiger partial charge < -0.3 is 4.74 Å². The molecule has 0 aromatic heterocycles. The van der Waals surface area contributed by atoms with Gasteiger partial charge in [-0.05, 0) is 49.3 Å². The fraction of sp³-hybridized carbons (Fsp3) is 0.562. The van der Waals surface area contributed by atoms with Gasteiger partial charge in [0, 0.05) is 12.8 Å². The number of benzene rings is 1. The summed E-state index contributed by atoms with van der Waals surface area (Å²) in [4.78, 5) is 11.8.